The Morgan fingerprint density at radius 2 is 1.68 bits per heavy atom. The Hall–Kier alpha value is -3.21. The molecule has 0 saturated carbocycles. The molecule has 0 aromatic heterocycles. The molecule has 0 aliphatic rings. The highest BCUT2D eigenvalue weighted by atomic mass is 35.5. The molecular weight excluding hydrogens is 583 g/mol. The molecule has 1 unspecified atom stereocenters. The number of carbonyl (C=O) groups is 2. The molecule has 1 N–H and O–H groups in total. The summed E-state index contributed by atoms with van der Waals surface area (Å²) in [4.78, 5) is 28.6. The molecule has 0 aliphatic heterocycles. The summed E-state index contributed by atoms with van der Waals surface area (Å²) in [6.45, 7) is 1.32. The van der Waals surface area contributed by atoms with E-state index in [1.807, 2.05) is 25.1 Å². The van der Waals surface area contributed by atoms with Crippen LogP contribution in [0.3, 0.4) is 0 Å². The molecule has 7 nitrogen and oxygen atoms in total. The van der Waals surface area contributed by atoms with Gasteiger partial charge >= 0.3 is 0 Å². The molecule has 3 aromatic carbocycles. The molecule has 0 radical (unpaired) electrons. The van der Waals surface area contributed by atoms with Crippen LogP contribution in [0.5, 0.6) is 0 Å². The zero-order chi connectivity index (χ0) is 29.4. The van der Waals surface area contributed by atoms with E-state index < -0.39 is 46.1 Å². The van der Waals surface area contributed by atoms with Crippen LogP contribution < -0.4 is 9.62 Å². The zero-order valence-electron chi connectivity index (χ0n) is 21.9. The van der Waals surface area contributed by atoms with Gasteiger partial charge in [0.05, 0.1) is 11.9 Å². The molecule has 0 bridgehead atoms. The molecular formula is C28H29Cl2F2N3O4S. The Labute approximate surface area is 242 Å². The van der Waals surface area contributed by atoms with Gasteiger partial charge in [0.15, 0.2) is 11.6 Å². The van der Waals surface area contributed by atoms with Gasteiger partial charge < -0.3 is 10.2 Å². The first-order valence-electron chi connectivity index (χ1n) is 12.4. The monoisotopic (exact) mass is 611 g/mol. The predicted octanol–water partition coefficient (Wildman–Crippen LogP) is 5.20. The number of anilines is 1. The van der Waals surface area contributed by atoms with Crippen molar-refractivity contribution in [3.8, 4) is 0 Å². The largest absolute Gasteiger partial charge is 0.354 e. The number of nitrogens with zero attached hydrogens (tertiary/aromatic N) is 2. The number of hydrogen-bond donors (Lipinski definition) is 1. The molecule has 2 amide bonds. The quantitative estimate of drug-likeness (QED) is 0.305. The number of nitrogens with one attached hydrogen (secondary N) is 1. The van der Waals surface area contributed by atoms with Crippen molar-refractivity contribution >= 4 is 50.7 Å². The molecule has 12 heteroatoms. The summed E-state index contributed by atoms with van der Waals surface area (Å²) >= 11 is 12.5. The molecule has 1 atom stereocenters. The van der Waals surface area contributed by atoms with Crippen molar-refractivity contribution in [3.63, 3.8) is 0 Å². The Balaban J connectivity index is 2.08. The minimum absolute atomic E-state index is 0.122. The Morgan fingerprint density at radius 3 is 2.27 bits per heavy atom. The molecule has 3 rings (SSSR count). The lowest BCUT2D eigenvalue weighted by Crippen LogP contribution is -2.53. The number of carbonyl (C=O) groups excluding carboxylic acids is 2. The Morgan fingerprint density at radius 1 is 0.975 bits per heavy atom. The zero-order valence-corrected chi connectivity index (χ0v) is 24.2. The van der Waals surface area contributed by atoms with Gasteiger partial charge in [-0.1, -0.05) is 66.5 Å². The fourth-order valence-corrected chi connectivity index (χ4v) is 5.32. The van der Waals surface area contributed by atoms with Crippen LogP contribution in [0.4, 0.5) is 14.5 Å². The molecule has 0 aliphatic carbocycles. The van der Waals surface area contributed by atoms with Crippen molar-refractivity contribution in [1.82, 2.24) is 10.2 Å². The average molecular weight is 613 g/mol. The second-order valence-electron chi connectivity index (χ2n) is 9.12. The smallest absolute Gasteiger partial charge is 0.244 e. The fraction of sp³-hybridized carbons (Fsp3) is 0.286. The van der Waals surface area contributed by atoms with Gasteiger partial charge in [0, 0.05) is 35.6 Å². The third-order valence-corrected chi connectivity index (χ3v) is 7.77. The van der Waals surface area contributed by atoms with Crippen molar-refractivity contribution in [3.05, 3.63) is 99.5 Å². The summed E-state index contributed by atoms with van der Waals surface area (Å²) in [6, 6.07) is 15.2. The van der Waals surface area contributed by atoms with E-state index >= 15 is 0 Å². The van der Waals surface area contributed by atoms with Crippen molar-refractivity contribution in [2.45, 2.75) is 32.4 Å². The van der Waals surface area contributed by atoms with Gasteiger partial charge in [0.2, 0.25) is 21.8 Å². The fourth-order valence-electron chi connectivity index (χ4n) is 4.01. The van der Waals surface area contributed by atoms with Gasteiger partial charge in [-0.05, 0) is 41.8 Å². The van der Waals surface area contributed by atoms with Crippen LogP contribution in [0.1, 0.15) is 24.5 Å². The van der Waals surface area contributed by atoms with Gasteiger partial charge in [-0.25, -0.2) is 17.2 Å². The van der Waals surface area contributed by atoms with E-state index in [1.54, 1.807) is 24.3 Å². The SMILES string of the molecule is CCCNC(=O)C(Cc1ccccc1)N(Cc1ccc(Cl)cc1Cl)C(=O)CN(c1ccc(F)c(F)c1)S(C)(=O)=O. The predicted molar refractivity (Wildman–Crippen MR) is 153 cm³/mol. The molecule has 0 saturated heterocycles. The maximum Gasteiger partial charge on any atom is 0.244 e. The number of benzene rings is 3. The van der Waals surface area contributed by atoms with Gasteiger partial charge in [0.25, 0.3) is 0 Å². The average Bonchev–Trinajstić information content (AvgIpc) is 2.90. The minimum Gasteiger partial charge on any atom is -0.354 e. The second-order valence-corrected chi connectivity index (χ2v) is 11.9. The van der Waals surface area contributed by atoms with E-state index in [2.05, 4.69) is 5.32 Å². The highest BCUT2D eigenvalue weighted by molar-refractivity contribution is 7.92. The van der Waals surface area contributed by atoms with Crippen LogP contribution in [0.25, 0.3) is 0 Å². The van der Waals surface area contributed by atoms with Crippen molar-refractivity contribution in [1.29, 1.82) is 0 Å². The standard InChI is InChI=1S/C28H29Cl2F2N3O4S/c1-3-13-33-28(37)26(14-19-7-5-4-6-8-19)34(17-20-9-10-21(29)15-23(20)30)27(36)18-35(40(2,38)39)22-11-12-24(31)25(32)16-22/h4-12,15-16,26H,3,13-14,17-18H2,1-2H3,(H,33,37). The third-order valence-electron chi connectivity index (χ3n) is 6.05. The summed E-state index contributed by atoms with van der Waals surface area (Å²) in [5, 5.41) is 3.44. The minimum atomic E-state index is -4.13. The summed E-state index contributed by atoms with van der Waals surface area (Å²) in [6.07, 6.45) is 1.62. The summed E-state index contributed by atoms with van der Waals surface area (Å²) in [5.41, 5.74) is 0.994. The van der Waals surface area contributed by atoms with E-state index in [9.17, 15) is 26.8 Å². The van der Waals surface area contributed by atoms with Crippen LogP contribution in [0.15, 0.2) is 66.7 Å². The van der Waals surface area contributed by atoms with E-state index in [4.69, 9.17) is 23.2 Å². The Bertz CT molecular complexity index is 1460. The normalized spacial score (nSPS) is 12.1. The number of halogens is 4. The van der Waals surface area contributed by atoms with E-state index in [0.717, 1.165) is 24.0 Å². The maximum atomic E-state index is 14.0. The number of amides is 2. The highest BCUT2D eigenvalue weighted by Crippen LogP contribution is 2.26. The molecule has 3 aromatic rings. The molecule has 0 heterocycles. The lowest BCUT2D eigenvalue weighted by Gasteiger charge is -2.33. The topological polar surface area (TPSA) is 86.8 Å². The van der Waals surface area contributed by atoms with E-state index in [-0.39, 0.29) is 23.7 Å². The van der Waals surface area contributed by atoms with Crippen LogP contribution in [-0.2, 0) is 32.6 Å². The first kappa shape index (κ1) is 31.3. The van der Waals surface area contributed by atoms with Gasteiger partial charge in [-0.2, -0.15) is 0 Å². The third kappa shape index (κ3) is 8.39. The number of sulfonamides is 1. The molecule has 0 spiro atoms. The lowest BCUT2D eigenvalue weighted by molar-refractivity contribution is -0.140. The second kappa shape index (κ2) is 13.9. The molecule has 40 heavy (non-hydrogen) atoms. The highest BCUT2D eigenvalue weighted by Gasteiger charge is 2.33. The maximum absolute atomic E-state index is 14.0. The van der Waals surface area contributed by atoms with E-state index in [0.29, 0.717) is 33.9 Å². The van der Waals surface area contributed by atoms with Gasteiger partial charge in [-0.15, -0.1) is 0 Å². The van der Waals surface area contributed by atoms with Crippen LogP contribution in [0.2, 0.25) is 10.0 Å². The van der Waals surface area contributed by atoms with Crippen molar-refractivity contribution in [2.75, 3.05) is 23.7 Å². The van der Waals surface area contributed by atoms with Crippen LogP contribution in [0, 0.1) is 11.6 Å². The first-order valence-corrected chi connectivity index (χ1v) is 15.0. The van der Waals surface area contributed by atoms with Crippen molar-refractivity contribution in [2.24, 2.45) is 0 Å². The molecule has 214 valence electrons. The first-order chi connectivity index (χ1) is 18.9. The van der Waals surface area contributed by atoms with Gasteiger partial charge in [-0.3, -0.25) is 13.9 Å². The summed E-state index contributed by atoms with van der Waals surface area (Å²) in [5.74, 6) is -3.64. The van der Waals surface area contributed by atoms with Crippen molar-refractivity contribution < 1.29 is 26.8 Å². The van der Waals surface area contributed by atoms with Crippen LogP contribution in [-0.4, -0.2) is 50.5 Å². The van der Waals surface area contributed by atoms with Crippen LogP contribution >= 0.6 is 23.2 Å². The summed E-state index contributed by atoms with van der Waals surface area (Å²) in [7, 11) is -4.13. The summed E-state index contributed by atoms with van der Waals surface area (Å²) < 4.78 is 53.6. The lowest BCUT2D eigenvalue weighted by atomic mass is 10.0. The number of hydrogen-bond acceptors (Lipinski definition) is 4. The number of rotatable bonds is 12. The molecule has 0 fully saturated rings. The van der Waals surface area contributed by atoms with Gasteiger partial charge in [0.1, 0.15) is 12.6 Å². The van der Waals surface area contributed by atoms with E-state index in [1.165, 1.54) is 11.0 Å². The Kier molecular flexibility index (Phi) is 10.9.